The van der Waals surface area contributed by atoms with Gasteiger partial charge in [0.05, 0.1) is 11.3 Å². The third-order valence-electron chi connectivity index (χ3n) is 2.29. The second-order valence-electron chi connectivity index (χ2n) is 3.53. The van der Waals surface area contributed by atoms with E-state index in [0.29, 0.717) is 0 Å². The molecule has 0 aliphatic heterocycles. The Hall–Kier alpha value is -1.92. The van der Waals surface area contributed by atoms with Gasteiger partial charge in [-0.2, -0.15) is 18.3 Å². The van der Waals surface area contributed by atoms with E-state index in [1.165, 1.54) is 18.3 Å². The zero-order chi connectivity index (χ0) is 13.3. The first kappa shape index (κ1) is 12.5. The molecule has 0 aliphatic carbocycles. The highest BCUT2D eigenvalue weighted by Crippen LogP contribution is 2.29. The minimum atomic E-state index is -4.42. The first-order valence-corrected chi connectivity index (χ1v) is 4.89. The van der Waals surface area contributed by atoms with E-state index in [1.807, 2.05) is 0 Å². The summed E-state index contributed by atoms with van der Waals surface area (Å²) < 4.78 is 62.6. The molecule has 0 atom stereocenters. The fourth-order valence-electron chi connectivity index (χ4n) is 1.40. The Morgan fingerprint density at radius 3 is 2.06 bits per heavy atom. The van der Waals surface area contributed by atoms with E-state index in [1.54, 1.807) is 0 Å². The van der Waals surface area contributed by atoms with Crippen molar-refractivity contribution in [3.8, 4) is 5.69 Å². The average Bonchev–Trinajstić information content (AvgIpc) is 2.77. The van der Waals surface area contributed by atoms with Crippen LogP contribution in [0, 0.1) is 0 Å². The SMILES string of the molecule is FC(F)c1ccn(-c2ccc(C(F)(F)F)cc2)n1. The molecular formula is C11H7F5N2. The molecule has 0 aliphatic rings. The van der Waals surface area contributed by atoms with Gasteiger partial charge in [-0.3, -0.25) is 0 Å². The number of rotatable bonds is 2. The summed E-state index contributed by atoms with van der Waals surface area (Å²) in [5, 5.41) is 3.56. The molecule has 0 saturated heterocycles. The molecule has 7 heteroatoms. The van der Waals surface area contributed by atoms with Gasteiger partial charge in [-0.25, -0.2) is 13.5 Å². The maximum absolute atomic E-state index is 12.3. The summed E-state index contributed by atoms with van der Waals surface area (Å²) in [6, 6.07) is 5.20. The summed E-state index contributed by atoms with van der Waals surface area (Å²) in [6.07, 6.45) is -5.86. The molecule has 2 rings (SSSR count). The molecule has 1 heterocycles. The number of benzene rings is 1. The summed E-state index contributed by atoms with van der Waals surface area (Å²) in [6.45, 7) is 0. The molecule has 2 nitrogen and oxygen atoms in total. The van der Waals surface area contributed by atoms with E-state index in [0.717, 1.165) is 22.9 Å². The van der Waals surface area contributed by atoms with Crippen LogP contribution in [0.25, 0.3) is 5.69 Å². The Balaban J connectivity index is 2.29. The summed E-state index contributed by atoms with van der Waals surface area (Å²) in [7, 11) is 0. The van der Waals surface area contributed by atoms with Crippen molar-refractivity contribution in [1.29, 1.82) is 0 Å². The van der Waals surface area contributed by atoms with Crippen LogP contribution < -0.4 is 0 Å². The number of hydrogen-bond donors (Lipinski definition) is 0. The molecule has 0 radical (unpaired) electrons. The third-order valence-corrected chi connectivity index (χ3v) is 2.29. The molecule has 0 unspecified atom stereocenters. The van der Waals surface area contributed by atoms with Crippen LogP contribution in [0.3, 0.4) is 0 Å². The Labute approximate surface area is 98.7 Å². The molecule has 0 fully saturated rings. The lowest BCUT2D eigenvalue weighted by Crippen LogP contribution is -2.05. The average molecular weight is 262 g/mol. The lowest BCUT2D eigenvalue weighted by Gasteiger charge is -2.07. The highest BCUT2D eigenvalue weighted by molar-refractivity contribution is 5.35. The van der Waals surface area contributed by atoms with Gasteiger partial charge in [0.2, 0.25) is 0 Å². The normalized spacial score (nSPS) is 12.1. The Bertz CT molecular complexity index is 527. The van der Waals surface area contributed by atoms with Gasteiger partial charge < -0.3 is 0 Å². The smallest absolute Gasteiger partial charge is 0.241 e. The summed E-state index contributed by atoms with van der Waals surface area (Å²) in [5.74, 6) is 0. The topological polar surface area (TPSA) is 17.8 Å². The lowest BCUT2D eigenvalue weighted by molar-refractivity contribution is -0.137. The van der Waals surface area contributed by atoms with Crippen molar-refractivity contribution in [2.75, 3.05) is 0 Å². The molecule has 0 bridgehead atoms. The van der Waals surface area contributed by atoms with Gasteiger partial charge in [0.1, 0.15) is 5.69 Å². The Morgan fingerprint density at radius 1 is 1.00 bits per heavy atom. The van der Waals surface area contributed by atoms with Crippen molar-refractivity contribution in [2.24, 2.45) is 0 Å². The molecule has 18 heavy (non-hydrogen) atoms. The number of nitrogens with zero attached hydrogens (tertiary/aromatic N) is 2. The highest BCUT2D eigenvalue weighted by Gasteiger charge is 2.30. The van der Waals surface area contributed by atoms with Crippen molar-refractivity contribution in [1.82, 2.24) is 9.78 Å². The van der Waals surface area contributed by atoms with Gasteiger partial charge in [-0.1, -0.05) is 0 Å². The van der Waals surface area contributed by atoms with Crippen molar-refractivity contribution < 1.29 is 22.0 Å². The van der Waals surface area contributed by atoms with Crippen LogP contribution in [-0.2, 0) is 6.18 Å². The maximum Gasteiger partial charge on any atom is 0.416 e. The van der Waals surface area contributed by atoms with Gasteiger partial charge in [-0.05, 0) is 30.3 Å². The van der Waals surface area contributed by atoms with Crippen LogP contribution in [0.2, 0.25) is 0 Å². The fraction of sp³-hybridized carbons (Fsp3) is 0.182. The standard InChI is InChI=1S/C11H7F5N2/c12-10(13)9-5-6-18(17-9)8-3-1-7(2-4-8)11(14,15)16/h1-6,10H. The number of alkyl halides is 5. The summed E-state index contributed by atoms with van der Waals surface area (Å²) in [5.41, 5.74) is -0.933. The molecule has 0 amide bonds. The van der Waals surface area contributed by atoms with Crippen molar-refractivity contribution in [3.63, 3.8) is 0 Å². The first-order valence-electron chi connectivity index (χ1n) is 4.89. The van der Waals surface area contributed by atoms with E-state index < -0.39 is 23.9 Å². The van der Waals surface area contributed by atoms with Crippen LogP contribution >= 0.6 is 0 Å². The molecular weight excluding hydrogens is 255 g/mol. The number of hydrogen-bond acceptors (Lipinski definition) is 1. The Morgan fingerprint density at radius 2 is 1.61 bits per heavy atom. The molecule has 0 spiro atoms. The quantitative estimate of drug-likeness (QED) is 0.752. The Kier molecular flexibility index (Phi) is 3.06. The monoisotopic (exact) mass is 262 g/mol. The van der Waals surface area contributed by atoms with E-state index in [-0.39, 0.29) is 5.69 Å². The first-order chi connectivity index (χ1) is 8.38. The fourth-order valence-corrected chi connectivity index (χ4v) is 1.40. The largest absolute Gasteiger partial charge is 0.416 e. The van der Waals surface area contributed by atoms with Gasteiger partial charge in [0, 0.05) is 6.20 Å². The molecule has 96 valence electrons. The number of aromatic nitrogens is 2. The molecule has 2 aromatic rings. The van der Waals surface area contributed by atoms with Crippen LogP contribution in [0.4, 0.5) is 22.0 Å². The second-order valence-corrected chi connectivity index (χ2v) is 3.53. The summed E-state index contributed by atoms with van der Waals surface area (Å²) >= 11 is 0. The van der Waals surface area contributed by atoms with E-state index in [4.69, 9.17) is 0 Å². The molecule has 1 aromatic carbocycles. The number of halogens is 5. The van der Waals surface area contributed by atoms with Crippen LogP contribution in [0.1, 0.15) is 17.7 Å². The predicted octanol–water partition coefficient (Wildman–Crippen LogP) is 3.83. The zero-order valence-electron chi connectivity index (χ0n) is 8.83. The van der Waals surface area contributed by atoms with Crippen LogP contribution in [0.15, 0.2) is 36.5 Å². The highest BCUT2D eigenvalue weighted by atomic mass is 19.4. The van der Waals surface area contributed by atoms with E-state index >= 15 is 0 Å². The van der Waals surface area contributed by atoms with Gasteiger partial charge in [0.15, 0.2) is 0 Å². The summed E-state index contributed by atoms with van der Waals surface area (Å²) in [4.78, 5) is 0. The van der Waals surface area contributed by atoms with Crippen molar-refractivity contribution in [3.05, 3.63) is 47.8 Å². The van der Waals surface area contributed by atoms with Gasteiger partial charge in [-0.15, -0.1) is 0 Å². The second kappa shape index (κ2) is 4.40. The van der Waals surface area contributed by atoms with Crippen LogP contribution in [-0.4, -0.2) is 9.78 Å². The van der Waals surface area contributed by atoms with E-state index in [2.05, 4.69) is 5.10 Å². The third kappa shape index (κ3) is 2.49. The molecule has 1 aromatic heterocycles. The minimum absolute atomic E-state index is 0.287. The predicted molar refractivity (Wildman–Crippen MR) is 53.5 cm³/mol. The molecule has 0 N–H and O–H groups in total. The van der Waals surface area contributed by atoms with E-state index in [9.17, 15) is 22.0 Å². The van der Waals surface area contributed by atoms with Gasteiger partial charge in [0.25, 0.3) is 6.43 Å². The maximum atomic E-state index is 12.3. The van der Waals surface area contributed by atoms with Crippen LogP contribution in [0.5, 0.6) is 0 Å². The minimum Gasteiger partial charge on any atom is -0.241 e. The van der Waals surface area contributed by atoms with Crippen molar-refractivity contribution in [2.45, 2.75) is 12.6 Å². The molecule has 0 saturated carbocycles. The lowest BCUT2D eigenvalue weighted by atomic mass is 10.2. The van der Waals surface area contributed by atoms with Crippen molar-refractivity contribution >= 4 is 0 Å². The zero-order valence-corrected chi connectivity index (χ0v) is 8.83. The van der Waals surface area contributed by atoms with Gasteiger partial charge >= 0.3 is 6.18 Å².